The van der Waals surface area contributed by atoms with Crippen LogP contribution in [-0.4, -0.2) is 30.2 Å². The Morgan fingerprint density at radius 2 is 1.65 bits per heavy atom. The Morgan fingerprint density at radius 1 is 1.18 bits per heavy atom. The second-order valence-corrected chi connectivity index (χ2v) is 5.63. The van der Waals surface area contributed by atoms with Crippen LogP contribution in [0.1, 0.15) is 41.5 Å². The summed E-state index contributed by atoms with van der Waals surface area (Å²) in [6, 6.07) is -0.596. The minimum Gasteiger partial charge on any atom is -0.464 e. The van der Waals surface area contributed by atoms with Crippen molar-refractivity contribution < 1.29 is 19.1 Å². The molecule has 0 aliphatic carbocycles. The van der Waals surface area contributed by atoms with Crippen molar-refractivity contribution in [1.29, 1.82) is 0 Å². The van der Waals surface area contributed by atoms with Gasteiger partial charge in [0.2, 0.25) is 0 Å². The van der Waals surface area contributed by atoms with Crippen LogP contribution in [0.15, 0.2) is 0 Å². The zero-order valence-electron chi connectivity index (χ0n) is 11.5. The normalized spacial score (nSPS) is 14.1. The maximum atomic E-state index is 11.9. The number of carbonyl (C=O) groups is 2. The van der Waals surface area contributed by atoms with Crippen LogP contribution in [0.3, 0.4) is 0 Å². The van der Waals surface area contributed by atoms with Gasteiger partial charge in [-0.1, -0.05) is 0 Å². The zero-order valence-corrected chi connectivity index (χ0v) is 11.5. The lowest BCUT2D eigenvalue weighted by molar-refractivity contribution is -0.168. The van der Waals surface area contributed by atoms with Gasteiger partial charge in [-0.15, -0.1) is 0 Å². The summed E-state index contributed by atoms with van der Waals surface area (Å²) in [5.41, 5.74) is 4.38. The molecule has 5 heteroatoms. The summed E-state index contributed by atoms with van der Waals surface area (Å²) in [6.45, 7) is 10.0. The van der Waals surface area contributed by atoms with Gasteiger partial charge in [-0.05, 0) is 34.6 Å². The Morgan fingerprint density at radius 3 is 2.00 bits per heavy atom. The summed E-state index contributed by atoms with van der Waals surface area (Å²) in [7, 11) is 0. The maximum absolute atomic E-state index is 11.9. The van der Waals surface area contributed by atoms with Gasteiger partial charge in [0.15, 0.2) is 0 Å². The number of hydrogen-bond donors (Lipinski definition) is 1. The van der Waals surface area contributed by atoms with Crippen molar-refractivity contribution in [1.82, 2.24) is 0 Å². The van der Waals surface area contributed by atoms with E-state index in [-0.39, 0.29) is 6.61 Å². The van der Waals surface area contributed by atoms with E-state index in [1.54, 1.807) is 34.6 Å². The molecule has 0 aromatic carbocycles. The quantitative estimate of drug-likeness (QED) is 0.754. The van der Waals surface area contributed by atoms with E-state index in [0.717, 1.165) is 0 Å². The second-order valence-electron chi connectivity index (χ2n) is 5.63. The SMILES string of the molecule is CC(=O)OCC(N)C(C)(C)C(=O)OC(C)(C)C. The average molecular weight is 245 g/mol. The highest BCUT2D eigenvalue weighted by Gasteiger charge is 2.38. The molecule has 0 spiro atoms. The molecule has 0 aromatic rings. The van der Waals surface area contributed by atoms with Crippen LogP contribution in [0.2, 0.25) is 0 Å². The van der Waals surface area contributed by atoms with E-state index in [0.29, 0.717) is 0 Å². The van der Waals surface area contributed by atoms with Crippen LogP contribution in [-0.2, 0) is 19.1 Å². The van der Waals surface area contributed by atoms with E-state index in [1.165, 1.54) is 6.92 Å². The average Bonchev–Trinajstić information content (AvgIpc) is 2.10. The van der Waals surface area contributed by atoms with Gasteiger partial charge in [0.05, 0.1) is 11.5 Å². The minimum atomic E-state index is -0.900. The lowest BCUT2D eigenvalue weighted by Gasteiger charge is -2.32. The van der Waals surface area contributed by atoms with Crippen LogP contribution >= 0.6 is 0 Å². The van der Waals surface area contributed by atoms with Gasteiger partial charge in [-0.3, -0.25) is 9.59 Å². The number of esters is 2. The van der Waals surface area contributed by atoms with Gasteiger partial charge in [0.25, 0.3) is 0 Å². The molecule has 1 unspecified atom stereocenters. The molecule has 0 bridgehead atoms. The fourth-order valence-corrected chi connectivity index (χ4v) is 0.976. The molecule has 0 saturated carbocycles. The Balaban J connectivity index is 4.53. The Kier molecular flexibility index (Phi) is 5.13. The highest BCUT2D eigenvalue weighted by atomic mass is 16.6. The van der Waals surface area contributed by atoms with Crippen molar-refractivity contribution in [3.05, 3.63) is 0 Å². The Hall–Kier alpha value is -1.10. The molecule has 0 heterocycles. The van der Waals surface area contributed by atoms with E-state index in [2.05, 4.69) is 0 Å². The predicted octanol–water partition coefficient (Wildman–Crippen LogP) is 1.24. The molecule has 5 nitrogen and oxygen atoms in total. The number of hydrogen-bond acceptors (Lipinski definition) is 5. The molecule has 17 heavy (non-hydrogen) atoms. The molecule has 0 radical (unpaired) electrons. The van der Waals surface area contributed by atoms with Crippen LogP contribution in [0.5, 0.6) is 0 Å². The van der Waals surface area contributed by atoms with Gasteiger partial charge >= 0.3 is 11.9 Å². The molecule has 2 N–H and O–H groups in total. The molecule has 1 atom stereocenters. The largest absolute Gasteiger partial charge is 0.464 e. The molecule has 0 rings (SSSR count). The topological polar surface area (TPSA) is 78.6 Å². The summed E-state index contributed by atoms with van der Waals surface area (Å²) >= 11 is 0. The van der Waals surface area contributed by atoms with Gasteiger partial charge in [-0.25, -0.2) is 0 Å². The molecule has 0 amide bonds. The number of nitrogens with two attached hydrogens (primary N) is 1. The molecular weight excluding hydrogens is 222 g/mol. The zero-order chi connectivity index (χ0) is 13.9. The fraction of sp³-hybridized carbons (Fsp3) is 0.833. The highest BCUT2D eigenvalue weighted by Crippen LogP contribution is 2.24. The maximum Gasteiger partial charge on any atom is 0.313 e. The Bertz CT molecular complexity index is 291. The van der Waals surface area contributed by atoms with Crippen LogP contribution in [0.4, 0.5) is 0 Å². The first-order chi connectivity index (χ1) is 7.47. The first kappa shape index (κ1) is 15.9. The van der Waals surface area contributed by atoms with Crippen molar-refractivity contribution in [3.63, 3.8) is 0 Å². The van der Waals surface area contributed by atoms with Crippen molar-refractivity contribution in [2.75, 3.05) is 6.61 Å². The summed E-state index contributed by atoms with van der Waals surface area (Å²) in [5, 5.41) is 0. The first-order valence-corrected chi connectivity index (χ1v) is 5.59. The van der Waals surface area contributed by atoms with Crippen molar-refractivity contribution in [3.8, 4) is 0 Å². The molecule has 0 aromatic heterocycles. The Labute approximate surface area is 103 Å². The summed E-state index contributed by atoms with van der Waals surface area (Å²) in [4.78, 5) is 22.6. The van der Waals surface area contributed by atoms with Gasteiger partial charge in [0, 0.05) is 6.92 Å². The number of ether oxygens (including phenoxy) is 2. The third kappa shape index (κ3) is 5.68. The van der Waals surface area contributed by atoms with Crippen LogP contribution in [0, 0.1) is 5.41 Å². The number of carbonyl (C=O) groups excluding carboxylic acids is 2. The van der Waals surface area contributed by atoms with Crippen LogP contribution in [0.25, 0.3) is 0 Å². The third-order valence-electron chi connectivity index (χ3n) is 2.32. The molecule has 0 aliphatic rings. The standard InChI is InChI=1S/C12H23NO4/c1-8(14)16-7-9(13)12(5,6)10(15)17-11(2,3)4/h9H,7,13H2,1-6H3. The molecule has 0 aliphatic heterocycles. The third-order valence-corrected chi connectivity index (χ3v) is 2.32. The predicted molar refractivity (Wildman–Crippen MR) is 64.2 cm³/mol. The summed E-state index contributed by atoms with van der Waals surface area (Å²) in [5.74, 6) is -0.815. The second kappa shape index (κ2) is 5.49. The van der Waals surface area contributed by atoms with Gasteiger partial charge < -0.3 is 15.2 Å². The van der Waals surface area contributed by atoms with Crippen molar-refractivity contribution in [2.45, 2.75) is 53.2 Å². The summed E-state index contributed by atoms with van der Waals surface area (Å²) < 4.78 is 10.1. The summed E-state index contributed by atoms with van der Waals surface area (Å²) in [6.07, 6.45) is 0. The van der Waals surface area contributed by atoms with E-state index in [1.807, 2.05) is 0 Å². The smallest absolute Gasteiger partial charge is 0.313 e. The van der Waals surface area contributed by atoms with E-state index < -0.39 is 29.0 Å². The first-order valence-electron chi connectivity index (χ1n) is 5.59. The van der Waals surface area contributed by atoms with Gasteiger partial charge in [0.1, 0.15) is 12.2 Å². The van der Waals surface area contributed by atoms with E-state index >= 15 is 0 Å². The van der Waals surface area contributed by atoms with E-state index in [9.17, 15) is 9.59 Å². The van der Waals surface area contributed by atoms with Gasteiger partial charge in [-0.2, -0.15) is 0 Å². The highest BCUT2D eigenvalue weighted by molar-refractivity contribution is 5.77. The van der Waals surface area contributed by atoms with Crippen molar-refractivity contribution >= 4 is 11.9 Å². The molecular formula is C12H23NO4. The lowest BCUT2D eigenvalue weighted by Crippen LogP contribution is -2.48. The van der Waals surface area contributed by atoms with Crippen molar-refractivity contribution in [2.24, 2.45) is 11.1 Å². The van der Waals surface area contributed by atoms with Crippen LogP contribution < -0.4 is 5.73 Å². The lowest BCUT2D eigenvalue weighted by atomic mass is 9.85. The van der Waals surface area contributed by atoms with E-state index in [4.69, 9.17) is 15.2 Å². The minimum absolute atomic E-state index is 0.00156. The number of rotatable bonds is 4. The monoisotopic (exact) mass is 245 g/mol. The molecule has 0 saturated heterocycles. The molecule has 100 valence electrons. The fourth-order valence-electron chi connectivity index (χ4n) is 0.976. The molecule has 0 fully saturated rings.